The van der Waals surface area contributed by atoms with Crippen LogP contribution in [0.15, 0.2) is 30.6 Å². The molecule has 0 radical (unpaired) electrons. The van der Waals surface area contributed by atoms with Gasteiger partial charge in [-0.3, -0.25) is 5.73 Å². The third-order valence-corrected chi connectivity index (χ3v) is 4.70. The van der Waals surface area contributed by atoms with Crippen LogP contribution in [-0.2, 0) is 26.3 Å². The highest BCUT2D eigenvalue weighted by atomic mass is 14.9. The summed E-state index contributed by atoms with van der Waals surface area (Å²) in [6.45, 7) is 0. The normalized spacial score (nSPS) is 17.0. The number of nitrogens with two attached hydrogens (primary N) is 2. The number of pyridine rings is 2. The van der Waals surface area contributed by atoms with Gasteiger partial charge >= 0.3 is 0 Å². The monoisotopic (exact) mass is 294 g/mol. The number of aryl methyl sites for hydroxylation is 1. The number of hydrogen-bond acceptors (Lipinski definition) is 3. The fourth-order valence-electron chi connectivity index (χ4n) is 3.58. The van der Waals surface area contributed by atoms with Crippen LogP contribution in [0, 0.1) is 5.92 Å². The van der Waals surface area contributed by atoms with E-state index in [4.69, 9.17) is 11.5 Å². The van der Waals surface area contributed by atoms with Crippen molar-refractivity contribution in [2.24, 2.45) is 13.0 Å². The quantitative estimate of drug-likeness (QED) is 0.751. The maximum atomic E-state index is 6.10. The molecule has 5 N–H and O–H groups in total. The average Bonchev–Trinajstić information content (AvgIpc) is 3.05. The molecular formula is C17H20N5+. The Balaban J connectivity index is 1.63. The van der Waals surface area contributed by atoms with Gasteiger partial charge in [-0.05, 0) is 48.9 Å². The van der Waals surface area contributed by atoms with Gasteiger partial charge in [0.15, 0.2) is 0 Å². The first-order chi connectivity index (χ1) is 10.6. The molecule has 1 aliphatic rings. The van der Waals surface area contributed by atoms with Gasteiger partial charge in [-0.2, -0.15) is 0 Å². The van der Waals surface area contributed by atoms with E-state index in [0.29, 0.717) is 11.7 Å². The number of fused-ring (bicyclic) bond motifs is 2. The van der Waals surface area contributed by atoms with E-state index < -0.39 is 0 Å². The number of nitrogens with zero attached hydrogens (tertiary/aromatic N) is 2. The molecule has 0 fully saturated rings. The van der Waals surface area contributed by atoms with Crippen LogP contribution in [0.1, 0.15) is 16.8 Å². The Morgan fingerprint density at radius 3 is 3.00 bits per heavy atom. The molecule has 0 bridgehead atoms. The second-order valence-electron chi connectivity index (χ2n) is 6.23. The van der Waals surface area contributed by atoms with Gasteiger partial charge in [-0.1, -0.05) is 0 Å². The molecule has 22 heavy (non-hydrogen) atoms. The van der Waals surface area contributed by atoms with Crippen molar-refractivity contribution in [3.63, 3.8) is 0 Å². The molecule has 0 saturated carbocycles. The van der Waals surface area contributed by atoms with Crippen LogP contribution in [-0.4, -0.2) is 9.55 Å². The van der Waals surface area contributed by atoms with E-state index in [9.17, 15) is 0 Å². The van der Waals surface area contributed by atoms with Gasteiger partial charge in [0.2, 0.25) is 0 Å². The van der Waals surface area contributed by atoms with Gasteiger partial charge in [-0.15, -0.1) is 0 Å². The van der Waals surface area contributed by atoms with Crippen LogP contribution in [0.25, 0.3) is 10.9 Å². The van der Waals surface area contributed by atoms with Crippen LogP contribution in [0.4, 0.5) is 11.6 Å². The molecule has 1 atom stereocenters. The largest absolute Gasteiger partial charge is 0.383 e. The smallest absolute Gasteiger partial charge is 0.273 e. The number of nitrogen functional groups attached to an aromatic ring is 2. The number of nitrogens with one attached hydrogen (secondary N) is 1. The summed E-state index contributed by atoms with van der Waals surface area (Å²) in [5.41, 5.74) is 17.0. The topological polar surface area (TPSA) is 84.0 Å². The Kier molecular flexibility index (Phi) is 2.82. The van der Waals surface area contributed by atoms with Crippen LogP contribution in [0.3, 0.4) is 0 Å². The molecule has 0 aromatic carbocycles. The Hall–Kier alpha value is -2.56. The number of aromatic nitrogens is 3. The van der Waals surface area contributed by atoms with E-state index in [1.54, 1.807) is 0 Å². The van der Waals surface area contributed by atoms with Crippen molar-refractivity contribution in [2.75, 3.05) is 11.5 Å². The summed E-state index contributed by atoms with van der Waals surface area (Å²) in [6.07, 6.45) is 6.93. The van der Waals surface area contributed by atoms with Gasteiger partial charge in [0, 0.05) is 29.9 Å². The lowest BCUT2D eigenvalue weighted by atomic mass is 9.99. The third-order valence-electron chi connectivity index (χ3n) is 4.70. The number of aromatic amines is 1. The fraction of sp³-hybridized carbons (Fsp3) is 0.294. The molecule has 3 aromatic heterocycles. The van der Waals surface area contributed by atoms with E-state index >= 15 is 0 Å². The van der Waals surface area contributed by atoms with E-state index in [1.807, 2.05) is 25.5 Å². The van der Waals surface area contributed by atoms with E-state index in [0.717, 1.165) is 41.7 Å². The molecule has 0 spiro atoms. The summed E-state index contributed by atoms with van der Waals surface area (Å²) in [5, 5.41) is 1.03. The van der Waals surface area contributed by atoms with Gasteiger partial charge in [0.25, 0.3) is 5.82 Å². The molecule has 4 rings (SSSR count). The number of rotatable bonds is 2. The first-order valence-electron chi connectivity index (χ1n) is 7.60. The maximum Gasteiger partial charge on any atom is 0.273 e. The highest BCUT2D eigenvalue weighted by Gasteiger charge is 2.26. The summed E-state index contributed by atoms with van der Waals surface area (Å²) in [6, 6.07) is 6.31. The van der Waals surface area contributed by atoms with Crippen LogP contribution >= 0.6 is 0 Å². The van der Waals surface area contributed by atoms with Gasteiger partial charge in [-0.25, -0.2) is 9.97 Å². The summed E-state index contributed by atoms with van der Waals surface area (Å²) in [5.74, 6) is 1.96. The standard InChI is InChI=1S/C17H19N5/c1-22-5-3-13-15(22)9-12(21-17(13)19)7-10-6-11-2-4-20-16(18)14(11)8-10/h2-5,9-10H,6-8H2,1H3,(H2,18,20)(H2,19,21)/p+1. The second-order valence-corrected chi connectivity index (χ2v) is 6.23. The lowest BCUT2D eigenvalue weighted by molar-refractivity contribution is -0.361. The van der Waals surface area contributed by atoms with Gasteiger partial charge in [0.05, 0.1) is 11.7 Å². The summed E-state index contributed by atoms with van der Waals surface area (Å²) in [4.78, 5) is 7.68. The predicted molar refractivity (Wildman–Crippen MR) is 87.1 cm³/mol. The molecule has 0 amide bonds. The zero-order chi connectivity index (χ0) is 15.3. The SMILES string of the molecule is Cn1ccc2c(N)nc(CC3Cc4cc[nH+]c(N)c4C3)cc21. The van der Waals surface area contributed by atoms with E-state index in [1.165, 1.54) is 11.1 Å². The minimum atomic E-state index is 0.540. The first kappa shape index (κ1) is 13.1. The van der Waals surface area contributed by atoms with Crippen molar-refractivity contribution >= 4 is 22.5 Å². The van der Waals surface area contributed by atoms with Crippen LogP contribution in [0.2, 0.25) is 0 Å². The predicted octanol–water partition coefficient (Wildman–Crippen LogP) is 1.51. The van der Waals surface area contributed by atoms with E-state index in [-0.39, 0.29) is 0 Å². The summed E-state index contributed by atoms with van der Waals surface area (Å²) < 4.78 is 2.09. The molecule has 0 aliphatic heterocycles. The lowest BCUT2D eigenvalue weighted by Gasteiger charge is -2.10. The molecule has 3 aromatic rings. The highest BCUT2D eigenvalue weighted by molar-refractivity contribution is 5.89. The average molecular weight is 294 g/mol. The lowest BCUT2D eigenvalue weighted by Crippen LogP contribution is -2.12. The van der Waals surface area contributed by atoms with Crippen LogP contribution in [0.5, 0.6) is 0 Å². The van der Waals surface area contributed by atoms with Gasteiger partial charge < -0.3 is 10.3 Å². The Morgan fingerprint density at radius 1 is 1.32 bits per heavy atom. The molecule has 3 heterocycles. The van der Waals surface area contributed by atoms with Crippen molar-refractivity contribution < 1.29 is 4.98 Å². The molecule has 5 nitrogen and oxygen atoms in total. The minimum absolute atomic E-state index is 0.540. The fourth-order valence-corrected chi connectivity index (χ4v) is 3.58. The second kappa shape index (κ2) is 4.73. The Bertz CT molecular complexity index is 865. The zero-order valence-electron chi connectivity index (χ0n) is 12.6. The van der Waals surface area contributed by atoms with Gasteiger partial charge in [0.1, 0.15) is 5.82 Å². The number of hydrogen-bond donors (Lipinski definition) is 2. The molecule has 5 heteroatoms. The third kappa shape index (κ3) is 2.01. The number of H-pyrrole nitrogens is 1. The molecule has 1 aliphatic carbocycles. The van der Waals surface area contributed by atoms with Crippen LogP contribution < -0.4 is 16.5 Å². The molecule has 0 saturated heterocycles. The molecule has 1 unspecified atom stereocenters. The minimum Gasteiger partial charge on any atom is -0.383 e. The molecule has 112 valence electrons. The highest BCUT2D eigenvalue weighted by Crippen LogP contribution is 2.31. The Morgan fingerprint density at radius 2 is 2.18 bits per heavy atom. The van der Waals surface area contributed by atoms with Crippen molar-refractivity contribution in [3.8, 4) is 0 Å². The maximum absolute atomic E-state index is 6.10. The Labute approximate surface area is 129 Å². The number of anilines is 2. The van der Waals surface area contributed by atoms with Crippen molar-refractivity contribution in [3.05, 3.63) is 47.4 Å². The summed E-state index contributed by atoms with van der Waals surface area (Å²) >= 11 is 0. The van der Waals surface area contributed by atoms with Crippen molar-refractivity contribution in [2.45, 2.75) is 19.3 Å². The summed E-state index contributed by atoms with van der Waals surface area (Å²) in [7, 11) is 2.04. The molecular weight excluding hydrogens is 274 g/mol. The first-order valence-corrected chi connectivity index (χ1v) is 7.60. The van der Waals surface area contributed by atoms with E-state index in [2.05, 4.69) is 26.7 Å². The van der Waals surface area contributed by atoms with Crippen molar-refractivity contribution in [1.29, 1.82) is 0 Å². The zero-order valence-corrected chi connectivity index (χ0v) is 12.6. The van der Waals surface area contributed by atoms with Crippen molar-refractivity contribution in [1.82, 2.24) is 9.55 Å².